The van der Waals surface area contributed by atoms with Gasteiger partial charge in [-0.15, -0.1) is 0 Å². The summed E-state index contributed by atoms with van der Waals surface area (Å²) in [5.74, 6) is 0.303. The molecule has 0 spiro atoms. The Morgan fingerprint density at radius 2 is 1.96 bits per heavy atom. The van der Waals surface area contributed by atoms with Gasteiger partial charge in [0.1, 0.15) is 12.1 Å². The van der Waals surface area contributed by atoms with E-state index in [1.165, 1.54) is 12.5 Å². The van der Waals surface area contributed by atoms with Crippen LogP contribution in [0.15, 0.2) is 61.2 Å². The van der Waals surface area contributed by atoms with Crippen LogP contribution in [0.2, 0.25) is 0 Å². The molecule has 0 fully saturated rings. The van der Waals surface area contributed by atoms with Gasteiger partial charge in [-0.3, -0.25) is 15.1 Å². The Hall–Kier alpha value is -3.55. The summed E-state index contributed by atoms with van der Waals surface area (Å²) in [5.41, 5.74) is 0.652. The minimum absolute atomic E-state index is 0.0928. The van der Waals surface area contributed by atoms with Crippen LogP contribution in [-0.2, 0) is 0 Å². The van der Waals surface area contributed by atoms with E-state index in [0.29, 0.717) is 5.75 Å². The standard InChI is InChI=1S/C17H15N5O3/c1-12(13-6-3-2-4-7-13)21-16-15(22(23)24)17(20-11-19-16)25-14-8-5-9-18-10-14/h2-12H,1H3,(H,19,20,21). The predicted octanol–water partition coefficient (Wildman–Crippen LogP) is 3.75. The largest absolute Gasteiger partial charge is 0.432 e. The average molecular weight is 337 g/mol. The van der Waals surface area contributed by atoms with Gasteiger partial charge in [0, 0.05) is 6.20 Å². The molecule has 0 aliphatic heterocycles. The molecule has 0 amide bonds. The molecule has 1 unspecified atom stereocenters. The molecule has 1 atom stereocenters. The van der Waals surface area contributed by atoms with E-state index < -0.39 is 4.92 Å². The van der Waals surface area contributed by atoms with Crippen LogP contribution in [0.4, 0.5) is 11.5 Å². The summed E-state index contributed by atoms with van der Waals surface area (Å²) in [4.78, 5) is 22.8. The topological polar surface area (TPSA) is 103 Å². The van der Waals surface area contributed by atoms with Gasteiger partial charge in [-0.2, -0.15) is 4.98 Å². The normalized spacial score (nSPS) is 11.6. The fourth-order valence-electron chi connectivity index (χ4n) is 2.26. The van der Waals surface area contributed by atoms with Crippen molar-refractivity contribution >= 4 is 11.5 Å². The summed E-state index contributed by atoms with van der Waals surface area (Å²) in [7, 11) is 0. The first-order valence-electron chi connectivity index (χ1n) is 7.54. The molecule has 0 saturated heterocycles. The number of anilines is 1. The van der Waals surface area contributed by atoms with Gasteiger partial charge < -0.3 is 10.1 Å². The van der Waals surface area contributed by atoms with Crippen LogP contribution in [0, 0.1) is 10.1 Å². The summed E-state index contributed by atoms with van der Waals surface area (Å²) in [6.45, 7) is 1.89. The molecule has 0 aliphatic rings. The molecule has 8 heteroatoms. The average Bonchev–Trinajstić information content (AvgIpc) is 2.63. The van der Waals surface area contributed by atoms with E-state index in [1.807, 2.05) is 37.3 Å². The fourth-order valence-corrected chi connectivity index (χ4v) is 2.26. The molecule has 0 bridgehead atoms. The van der Waals surface area contributed by atoms with Gasteiger partial charge in [-0.05, 0) is 24.6 Å². The lowest BCUT2D eigenvalue weighted by molar-refractivity contribution is -0.385. The summed E-state index contributed by atoms with van der Waals surface area (Å²) in [6, 6.07) is 12.7. The van der Waals surface area contributed by atoms with Crippen molar-refractivity contribution in [3.63, 3.8) is 0 Å². The first-order chi connectivity index (χ1) is 12.1. The number of hydrogen-bond donors (Lipinski definition) is 1. The molecule has 2 heterocycles. The van der Waals surface area contributed by atoms with Crippen molar-refractivity contribution in [2.45, 2.75) is 13.0 Å². The lowest BCUT2D eigenvalue weighted by Crippen LogP contribution is -2.11. The maximum absolute atomic E-state index is 11.5. The summed E-state index contributed by atoms with van der Waals surface area (Å²) in [5, 5.41) is 14.6. The van der Waals surface area contributed by atoms with Gasteiger partial charge in [0.05, 0.1) is 17.2 Å². The lowest BCUT2D eigenvalue weighted by atomic mass is 10.1. The Balaban J connectivity index is 1.91. The van der Waals surface area contributed by atoms with Crippen LogP contribution in [0.3, 0.4) is 0 Å². The number of aromatic nitrogens is 3. The van der Waals surface area contributed by atoms with E-state index in [2.05, 4.69) is 20.3 Å². The Morgan fingerprint density at radius 1 is 1.16 bits per heavy atom. The molecule has 25 heavy (non-hydrogen) atoms. The zero-order chi connectivity index (χ0) is 17.6. The third-order valence-electron chi connectivity index (χ3n) is 3.47. The van der Waals surface area contributed by atoms with Crippen LogP contribution in [0.1, 0.15) is 18.5 Å². The quantitative estimate of drug-likeness (QED) is 0.539. The van der Waals surface area contributed by atoms with E-state index in [0.717, 1.165) is 5.56 Å². The van der Waals surface area contributed by atoms with Gasteiger partial charge in [0.25, 0.3) is 0 Å². The van der Waals surface area contributed by atoms with E-state index in [1.54, 1.807) is 18.3 Å². The number of ether oxygens (including phenoxy) is 1. The maximum atomic E-state index is 11.5. The number of nitro groups is 1. The van der Waals surface area contributed by atoms with Gasteiger partial charge >= 0.3 is 11.6 Å². The Bertz CT molecular complexity index is 859. The Morgan fingerprint density at radius 3 is 2.64 bits per heavy atom. The molecule has 0 aliphatic carbocycles. The van der Waals surface area contributed by atoms with Crippen LogP contribution in [0.5, 0.6) is 11.6 Å². The maximum Gasteiger partial charge on any atom is 0.373 e. The molecule has 1 N–H and O–H groups in total. The SMILES string of the molecule is CC(Nc1ncnc(Oc2cccnc2)c1[N+](=O)[O-])c1ccccc1. The number of benzene rings is 1. The van der Waals surface area contributed by atoms with Gasteiger partial charge in [-0.25, -0.2) is 4.98 Å². The van der Waals surface area contributed by atoms with E-state index in [-0.39, 0.29) is 23.4 Å². The second-order valence-electron chi connectivity index (χ2n) is 5.20. The number of nitrogens with one attached hydrogen (secondary N) is 1. The van der Waals surface area contributed by atoms with Crippen LogP contribution < -0.4 is 10.1 Å². The number of hydrogen-bond acceptors (Lipinski definition) is 7. The highest BCUT2D eigenvalue weighted by Crippen LogP contribution is 2.35. The molecule has 8 nitrogen and oxygen atoms in total. The summed E-state index contributed by atoms with van der Waals surface area (Å²) in [6.07, 6.45) is 4.25. The minimum atomic E-state index is -0.564. The highest BCUT2D eigenvalue weighted by Gasteiger charge is 2.26. The number of nitrogens with zero attached hydrogens (tertiary/aromatic N) is 4. The first-order valence-corrected chi connectivity index (χ1v) is 7.54. The van der Waals surface area contributed by atoms with Crippen molar-refractivity contribution in [2.24, 2.45) is 0 Å². The molecule has 2 aromatic heterocycles. The third-order valence-corrected chi connectivity index (χ3v) is 3.47. The van der Waals surface area contributed by atoms with E-state index >= 15 is 0 Å². The molecule has 0 radical (unpaired) electrons. The van der Waals surface area contributed by atoms with E-state index in [4.69, 9.17) is 4.74 Å². The van der Waals surface area contributed by atoms with Crippen LogP contribution in [-0.4, -0.2) is 19.9 Å². The molecule has 0 saturated carbocycles. The van der Waals surface area contributed by atoms with Gasteiger partial charge in [0.15, 0.2) is 0 Å². The Labute approximate surface area is 143 Å². The van der Waals surface area contributed by atoms with Crippen molar-refractivity contribution < 1.29 is 9.66 Å². The zero-order valence-electron chi connectivity index (χ0n) is 13.4. The van der Waals surface area contributed by atoms with Gasteiger partial charge in [0.2, 0.25) is 5.82 Å². The van der Waals surface area contributed by atoms with Crippen molar-refractivity contribution in [3.8, 4) is 11.6 Å². The second-order valence-corrected chi connectivity index (χ2v) is 5.20. The van der Waals surface area contributed by atoms with Crippen molar-refractivity contribution in [1.29, 1.82) is 0 Å². The highest BCUT2D eigenvalue weighted by atomic mass is 16.6. The highest BCUT2D eigenvalue weighted by molar-refractivity contribution is 5.62. The number of rotatable bonds is 6. The molecule has 3 aromatic rings. The van der Waals surface area contributed by atoms with Gasteiger partial charge in [-0.1, -0.05) is 30.3 Å². The molecule has 126 valence electrons. The van der Waals surface area contributed by atoms with Crippen LogP contribution in [0.25, 0.3) is 0 Å². The fraction of sp³-hybridized carbons (Fsp3) is 0.118. The van der Waals surface area contributed by atoms with E-state index in [9.17, 15) is 10.1 Å². The van der Waals surface area contributed by atoms with Crippen molar-refractivity contribution in [3.05, 3.63) is 76.9 Å². The van der Waals surface area contributed by atoms with Crippen LogP contribution >= 0.6 is 0 Å². The molecule has 1 aromatic carbocycles. The second kappa shape index (κ2) is 7.35. The zero-order valence-corrected chi connectivity index (χ0v) is 13.4. The molecular weight excluding hydrogens is 322 g/mol. The third kappa shape index (κ3) is 3.86. The summed E-state index contributed by atoms with van der Waals surface area (Å²) >= 11 is 0. The first kappa shape index (κ1) is 16.3. The predicted molar refractivity (Wildman–Crippen MR) is 91.5 cm³/mol. The van der Waals surface area contributed by atoms with Crippen molar-refractivity contribution in [1.82, 2.24) is 15.0 Å². The smallest absolute Gasteiger partial charge is 0.373 e. The monoisotopic (exact) mass is 337 g/mol. The van der Waals surface area contributed by atoms with Crippen molar-refractivity contribution in [2.75, 3.05) is 5.32 Å². The number of pyridine rings is 1. The minimum Gasteiger partial charge on any atom is -0.432 e. The molecular formula is C17H15N5O3. The lowest BCUT2D eigenvalue weighted by Gasteiger charge is -2.15. The summed E-state index contributed by atoms with van der Waals surface area (Å²) < 4.78 is 5.50. The molecule has 3 rings (SSSR count). The Kier molecular flexibility index (Phi) is 4.79.